The van der Waals surface area contributed by atoms with Crippen LogP contribution in [0.2, 0.25) is 0 Å². The molecule has 3 nitrogen and oxygen atoms in total. The fourth-order valence-corrected chi connectivity index (χ4v) is 2.32. The van der Waals surface area contributed by atoms with Gasteiger partial charge in [0.1, 0.15) is 11.8 Å². The van der Waals surface area contributed by atoms with Gasteiger partial charge in [0.25, 0.3) is 0 Å². The maximum atomic E-state index is 9.51. The van der Waals surface area contributed by atoms with E-state index < -0.39 is 0 Å². The lowest BCUT2D eigenvalue weighted by Gasteiger charge is -2.10. The SMILES string of the molecule is COc1ccccc1-c1ncc2ccccc2c1C#N. The number of pyridine rings is 1. The first-order chi connectivity index (χ1) is 9.85. The maximum Gasteiger partial charge on any atom is 0.128 e. The van der Waals surface area contributed by atoms with Crippen LogP contribution in [0.3, 0.4) is 0 Å². The summed E-state index contributed by atoms with van der Waals surface area (Å²) in [6.45, 7) is 0. The second-order valence-electron chi connectivity index (χ2n) is 4.38. The summed E-state index contributed by atoms with van der Waals surface area (Å²) in [4.78, 5) is 4.45. The zero-order valence-electron chi connectivity index (χ0n) is 11.0. The standard InChI is InChI=1S/C17H12N2O/c1-20-16-9-5-4-8-14(16)17-15(10-18)13-7-3-2-6-12(13)11-19-17/h2-9,11H,1H3. The van der Waals surface area contributed by atoms with E-state index in [2.05, 4.69) is 11.1 Å². The van der Waals surface area contributed by atoms with Gasteiger partial charge in [0.05, 0.1) is 18.4 Å². The minimum Gasteiger partial charge on any atom is -0.496 e. The van der Waals surface area contributed by atoms with Crippen molar-refractivity contribution in [3.63, 3.8) is 0 Å². The Labute approximate surface area is 117 Å². The summed E-state index contributed by atoms with van der Waals surface area (Å²) in [7, 11) is 1.62. The molecule has 2 aromatic carbocycles. The van der Waals surface area contributed by atoms with Crippen molar-refractivity contribution < 1.29 is 4.74 Å². The van der Waals surface area contributed by atoms with Gasteiger partial charge < -0.3 is 4.74 Å². The Balaban J connectivity index is 2.35. The number of fused-ring (bicyclic) bond motifs is 1. The Bertz CT molecular complexity index is 819. The van der Waals surface area contributed by atoms with Crippen molar-refractivity contribution in [2.75, 3.05) is 7.11 Å². The molecule has 1 heterocycles. The molecular weight excluding hydrogens is 248 g/mol. The summed E-state index contributed by atoms with van der Waals surface area (Å²) in [6, 6.07) is 17.6. The Morgan fingerprint density at radius 1 is 1.05 bits per heavy atom. The Hall–Kier alpha value is -2.86. The monoisotopic (exact) mass is 260 g/mol. The first kappa shape index (κ1) is 12.2. The molecule has 3 aromatic rings. The molecule has 0 radical (unpaired) electrons. The molecule has 0 spiro atoms. The van der Waals surface area contributed by atoms with E-state index in [4.69, 9.17) is 4.74 Å². The lowest BCUT2D eigenvalue weighted by atomic mass is 10.0. The first-order valence-corrected chi connectivity index (χ1v) is 6.26. The molecule has 3 heteroatoms. The minimum absolute atomic E-state index is 0.576. The van der Waals surface area contributed by atoms with Crippen LogP contribution in [0.15, 0.2) is 54.7 Å². The number of nitrogens with zero attached hydrogens (tertiary/aromatic N) is 2. The topological polar surface area (TPSA) is 45.9 Å². The van der Waals surface area contributed by atoms with Gasteiger partial charge in [-0.1, -0.05) is 36.4 Å². The third-order valence-electron chi connectivity index (χ3n) is 3.27. The number of aromatic nitrogens is 1. The number of nitriles is 1. The van der Waals surface area contributed by atoms with E-state index in [1.165, 1.54) is 0 Å². The third-order valence-corrected chi connectivity index (χ3v) is 3.27. The van der Waals surface area contributed by atoms with Crippen LogP contribution in [-0.4, -0.2) is 12.1 Å². The third kappa shape index (κ3) is 1.88. The number of hydrogen-bond acceptors (Lipinski definition) is 3. The fourth-order valence-electron chi connectivity index (χ4n) is 2.32. The minimum atomic E-state index is 0.576. The van der Waals surface area contributed by atoms with Gasteiger partial charge in [-0.2, -0.15) is 5.26 Å². The van der Waals surface area contributed by atoms with E-state index in [1.54, 1.807) is 13.3 Å². The van der Waals surface area contributed by atoms with Crippen LogP contribution in [0.25, 0.3) is 22.0 Å². The van der Waals surface area contributed by atoms with E-state index in [1.807, 2.05) is 48.5 Å². The highest BCUT2D eigenvalue weighted by atomic mass is 16.5. The average Bonchev–Trinajstić information content (AvgIpc) is 2.53. The summed E-state index contributed by atoms with van der Waals surface area (Å²) in [5.74, 6) is 0.715. The molecule has 0 aliphatic carbocycles. The molecule has 0 amide bonds. The van der Waals surface area contributed by atoms with Crippen LogP contribution in [0.5, 0.6) is 5.75 Å². The van der Waals surface area contributed by atoms with Crippen molar-refractivity contribution in [1.29, 1.82) is 5.26 Å². The summed E-state index contributed by atoms with van der Waals surface area (Å²) in [6.07, 6.45) is 1.79. The molecule has 0 atom stereocenters. The zero-order chi connectivity index (χ0) is 13.9. The quantitative estimate of drug-likeness (QED) is 0.704. The van der Waals surface area contributed by atoms with Crippen molar-refractivity contribution in [3.05, 3.63) is 60.3 Å². The zero-order valence-corrected chi connectivity index (χ0v) is 11.0. The van der Waals surface area contributed by atoms with Gasteiger partial charge in [0.15, 0.2) is 0 Å². The normalized spacial score (nSPS) is 10.2. The molecule has 0 saturated carbocycles. The summed E-state index contributed by atoms with van der Waals surface area (Å²) >= 11 is 0. The summed E-state index contributed by atoms with van der Waals surface area (Å²) < 4.78 is 5.36. The van der Waals surface area contributed by atoms with Gasteiger partial charge in [-0.3, -0.25) is 4.98 Å². The highest BCUT2D eigenvalue weighted by molar-refractivity contribution is 5.92. The average molecular weight is 260 g/mol. The molecule has 1 aromatic heterocycles. The van der Waals surface area contributed by atoms with Crippen LogP contribution >= 0.6 is 0 Å². The lowest BCUT2D eigenvalue weighted by Crippen LogP contribution is -1.94. The van der Waals surface area contributed by atoms with Crippen LogP contribution < -0.4 is 4.74 Å². The van der Waals surface area contributed by atoms with Gasteiger partial charge in [-0.25, -0.2) is 0 Å². The maximum absolute atomic E-state index is 9.51. The molecular formula is C17H12N2O. The molecule has 0 aliphatic heterocycles. The predicted octanol–water partition coefficient (Wildman–Crippen LogP) is 3.78. The van der Waals surface area contributed by atoms with Crippen LogP contribution in [0.4, 0.5) is 0 Å². The van der Waals surface area contributed by atoms with Gasteiger partial charge in [0, 0.05) is 22.5 Å². The summed E-state index contributed by atoms with van der Waals surface area (Å²) in [5, 5.41) is 11.4. The number of benzene rings is 2. The fraction of sp³-hybridized carbons (Fsp3) is 0.0588. The highest BCUT2D eigenvalue weighted by Gasteiger charge is 2.14. The highest BCUT2D eigenvalue weighted by Crippen LogP contribution is 2.33. The van der Waals surface area contributed by atoms with E-state index in [0.29, 0.717) is 17.0 Å². The number of rotatable bonds is 2. The summed E-state index contributed by atoms with van der Waals surface area (Å²) in [5.41, 5.74) is 2.06. The molecule has 20 heavy (non-hydrogen) atoms. The number of para-hydroxylation sites is 1. The van der Waals surface area contributed by atoms with Crippen molar-refractivity contribution in [2.45, 2.75) is 0 Å². The van der Waals surface area contributed by atoms with Gasteiger partial charge in [-0.15, -0.1) is 0 Å². The Morgan fingerprint density at radius 3 is 2.60 bits per heavy atom. The number of methoxy groups -OCH3 is 1. The van der Waals surface area contributed by atoms with Crippen LogP contribution in [-0.2, 0) is 0 Å². The Kier molecular flexibility index (Phi) is 3.06. The van der Waals surface area contributed by atoms with Crippen molar-refractivity contribution in [3.8, 4) is 23.1 Å². The molecule has 96 valence electrons. The largest absolute Gasteiger partial charge is 0.496 e. The number of ether oxygens (including phenoxy) is 1. The smallest absolute Gasteiger partial charge is 0.128 e. The number of hydrogen-bond donors (Lipinski definition) is 0. The van der Waals surface area contributed by atoms with Gasteiger partial charge in [-0.05, 0) is 12.1 Å². The molecule has 0 N–H and O–H groups in total. The second kappa shape index (κ2) is 5.02. The predicted molar refractivity (Wildman–Crippen MR) is 78.4 cm³/mol. The van der Waals surface area contributed by atoms with Crippen molar-refractivity contribution >= 4 is 10.8 Å². The first-order valence-electron chi connectivity index (χ1n) is 6.26. The van der Waals surface area contributed by atoms with E-state index in [-0.39, 0.29) is 0 Å². The molecule has 0 saturated heterocycles. The van der Waals surface area contributed by atoms with Gasteiger partial charge in [0.2, 0.25) is 0 Å². The second-order valence-corrected chi connectivity index (χ2v) is 4.38. The van der Waals surface area contributed by atoms with Crippen LogP contribution in [0, 0.1) is 11.3 Å². The lowest BCUT2D eigenvalue weighted by molar-refractivity contribution is 0.416. The van der Waals surface area contributed by atoms with Gasteiger partial charge >= 0.3 is 0 Å². The van der Waals surface area contributed by atoms with Crippen LogP contribution in [0.1, 0.15) is 5.56 Å². The van der Waals surface area contributed by atoms with Crippen molar-refractivity contribution in [1.82, 2.24) is 4.98 Å². The molecule has 0 aliphatic rings. The Morgan fingerprint density at radius 2 is 1.80 bits per heavy atom. The molecule has 0 bridgehead atoms. The van der Waals surface area contributed by atoms with Crippen molar-refractivity contribution in [2.24, 2.45) is 0 Å². The van der Waals surface area contributed by atoms with E-state index in [0.717, 1.165) is 16.3 Å². The molecule has 0 unspecified atom stereocenters. The van der Waals surface area contributed by atoms with E-state index >= 15 is 0 Å². The van der Waals surface area contributed by atoms with E-state index in [9.17, 15) is 5.26 Å². The molecule has 0 fully saturated rings. The molecule has 3 rings (SSSR count).